The molecule has 1 aromatic heterocycles. The van der Waals surface area contributed by atoms with Gasteiger partial charge in [-0.1, -0.05) is 0 Å². The number of ether oxygens (including phenoxy) is 2. The van der Waals surface area contributed by atoms with Gasteiger partial charge in [0, 0.05) is 24.9 Å². The smallest absolute Gasteiger partial charge is 0.252 e. The molecule has 2 rings (SSSR count). The summed E-state index contributed by atoms with van der Waals surface area (Å²) < 4.78 is 34.9. The molecule has 25 heavy (non-hydrogen) atoms. The normalized spacial score (nSPS) is 11.0. The second kappa shape index (κ2) is 7.84. The summed E-state index contributed by atoms with van der Waals surface area (Å²) in [7, 11) is -0.738. The van der Waals surface area contributed by atoms with Crippen molar-refractivity contribution in [2.75, 3.05) is 26.5 Å². The average Bonchev–Trinajstić information content (AvgIpc) is 2.61. The highest BCUT2D eigenvalue weighted by Crippen LogP contribution is 2.29. The fourth-order valence-electron chi connectivity index (χ4n) is 2.08. The molecule has 0 aliphatic heterocycles. The standard InChI is InChI=1S/C16H18N2O6S/c1-23-13-5-4-12(9-14(13)24-2)25(21,22)8-7-17-16(20)11-3-6-15(19)18-10-11/h3-6,9-10H,7-8H2,1-2H3,(H,17,20)(H,18,19). The lowest BCUT2D eigenvalue weighted by atomic mass is 10.3. The van der Waals surface area contributed by atoms with E-state index < -0.39 is 15.7 Å². The van der Waals surface area contributed by atoms with Crippen LogP contribution in [-0.4, -0.2) is 45.8 Å². The zero-order valence-corrected chi connectivity index (χ0v) is 14.6. The molecule has 0 saturated heterocycles. The van der Waals surface area contributed by atoms with Gasteiger partial charge in [0.05, 0.1) is 30.4 Å². The lowest BCUT2D eigenvalue weighted by molar-refractivity contribution is 0.0955. The summed E-state index contributed by atoms with van der Waals surface area (Å²) in [6.45, 7) is -0.0748. The third-order valence-corrected chi connectivity index (χ3v) is 5.13. The van der Waals surface area contributed by atoms with E-state index in [0.29, 0.717) is 11.5 Å². The molecule has 0 aliphatic rings. The molecule has 134 valence electrons. The lowest BCUT2D eigenvalue weighted by Gasteiger charge is -2.10. The Morgan fingerprint density at radius 1 is 1.12 bits per heavy atom. The summed E-state index contributed by atoms with van der Waals surface area (Å²) in [6.07, 6.45) is 1.26. The van der Waals surface area contributed by atoms with Crippen LogP contribution >= 0.6 is 0 Å². The molecule has 2 aromatic rings. The van der Waals surface area contributed by atoms with Crippen molar-refractivity contribution in [2.45, 2.75) is 4.90 Å². The number of H-pyrrole nitrogens is 1. The summed E-state index contributed by atoms with van der Waals surface area (Å²) in [5.74, 6) is -0.0233. The highest BCUT2D eigenvalue weighted by molar-refractivity contribution is 7.91. The molecule has 1 aromatic carbocycles. The van der Waals surface area contributed by atoms with Crippen molar-refractivity contribution < 1.29 is 22.7 Å². The number of sulfone groups is 1. The summed E-state index contributed by atoms with van der Waals surface area (Å²) in [6, 6.07) is 6.87. The number of nitrogens with one attached hydrogen (secondary N) is 2. The molecule has 0 saturated carbocycles. The van der Waals surface area contributed by atoms with Crippen LogP contribution in [0, 0.1) is 0 Å². The van der Waals surface area contributed by atoms with Gasteiger partial charge in [-0.3, -0.25) is 9.59 Å². The molecule has 0 fully saturated rings. The van der Waals surface area contributed by atoms with Crippen LogP contribution in [0.5, 0.6) is 11.5 Å². The molecule has 8 nitrogen and oxygen atoms in total. The molecule has 2 N–H and O–H groups in total. The first-order chi connectivity index (χ1) is 11.9. The Morgan fingerprint density at radius 2 is 1.84 bits per heavy atom. The van der Waals surface area contributed by atoms with Gasteiger partial charge in [0.1, 0.15) is 0 Å². The summed E-state index contributed by atoms with van der Waals surface area (Å²) in [4.78, 5) is 25.3. The molecule has 0 radical (unpaired) electrons. The fraction of sp³-hybridized carbons (Fsp3) is 0.250. The largest absolute Gasteiger partial charge is 0.493 e. The number of benzene rings is 1. The molecule has 1 amide bonds. The van der Waals surface area contributed by atoms with Crippen LogP contribution < -0.4 is 20.3 Å². The van der Waals surface area contributed by atoms with Crippen LogP contribution in [0.15, 0.2) is 46.2 Å². The summed E-state index contributed by atoms with van der Waals surface area (Å²) in [5, 5.41) is 2.50. The van der Waals surface area contributed by atoms with Gasteiger partial charge in [-0.2, -0.15) is 0 Å². The van der Waals surface area contributed by atoms with Crippen molar-refractivity contribution in [1.29, 1.82) is 0 Å². The number of pyridine rings is 1. The van der Waals surface area contributed by atoms with Gasteiger partial charge in [-0.25, -0.2) is 8.42 Å². The number of hydrogen-bond acceptors (Lipinski definition) is 6. The van der Waals surface area contributed by atoms with E-state index in [-0.39, 0.29) is 28.3 Å². The Bertz CT molecular complexity index is 900. The Morgan fingerprint density at radius 3 is 2.44 bits per heavy atom. The number of aromatic amines is 1. The van der Waals surface area contributed by atoms with Gasteiger partial charge in [0.15, 0.2) is 21.3 Å². The van der Waals surface area contributed by atoms with Gasteiger partial charge in [0.25, 0.3) is 5.91 Å². The first-order valence-electron chi connectivity index (χ1n) is 7.29. The Kier molecular flexibility index (Phi) is 5.81. The van der Waals surface area contributed by atoms with Crippen molar-refractivity contribution in [2.24, 2.45) is 0 Å². The molecular weight excluding hydrogens is 348 g/mol. The van der Waals surface area contributed by atoms with Crippen LogP contribution in [0.3, 0.4) is 0 Å². The molecule has 9 heteroatoms. The van der Waals surface area contributed by atoms with Gasteiger partial charge in [0.2, 0.25) is 5.56 Å². The minimum Gasteiger partial charge on any atom is -0.493 e. The number of amides is 1. The first-order valence-corrected chi connectivity index (χ1v) is 8.94. The lowest BCUT2D eigenvalue weighted by Crippen LogP contribution is -2.29. The minimum absolute atomic E-state index is 0.0726. The first kappa shape index (κ1) is 18.5. The maximum Gasteiger partial charge on any atom is 0.252 e. The van der Waals surface area contributed by atoms with Crippen molar-refractivity contribution >= 4 is 15.7 Å². The molecular formula is C16H18N2O6S. The highest BCUT2D eigenvalue weighted by Gasteiger charge is 2.17. The summed E-state index contributed by atoms with van der Waals surface area (Å²) in [5.41, 5.74) is -0.0873. The zero-order chi connectivity index (χ0) is 18.4. The van der Waals surface area contributed by atoms with Crippen molar-refractivity contribution in [3.8, 4) is 11.5 Å². The van der Waals surface area contributed by atoms with Crippen molar-refractivity contribution in [1.82, 2.24) is 10.3 Å². The third kappa shape index (κ3) is 4.60. The van der Waals surface area contributed by atoms with E-state index in [9.17, 15) is 18.0 Å². The van der Waals surface area contributed by atoms with Crippen LogP contribution in [-0.2, 0) is 9.84 Å². The summed E-state index contributed by atoms with van der Waals surface area (Å²) >= 11 is 0. The topological polar surface area (TPSA) is 115 Å². The van der Waals surface area contributed by atoms with E-state index >= 15 is 0 Å². The Labute approximate surface area is 144 Å². The van der Waals surface area contributed by atoms with E-state index in [0.717, 1.165) is 0 Å². The number of aromatic nitrogens is 1. The van der Waals surface area contributed by atoms with E-state index in [1.807, 2.05) is 0 Å². The number of rotatable bonds is 7. The van der Waals surface area contributed by atoms with Crippen LogP contribution in [0.2, 0.25) is 0 Å². The van der Waals surface area contributed by atoms with Crippen molar-refractivity contribution in [3.05, 3.63) is 52.4 Å². The van der Waals surface area contributed by atoms with Gasteiger partial charge in [-0.05, 0) is 18.2 Å². The second-order valence-electron chi connectivity index (χ2n) is 5.03. The molecule has 0 aliphatic carbocycles. The van der Waals surface area contributed by atoms with E-state index in [1.165, 1.54) is 50.7 Å². The van der Waals surface area contributed by atoms with E-state index in [2.05, 4.69) is 10.3 Å². The Hall–Kier alpha value is -2.81. The highest BCUT2D eigenvalue weighted by atomic mass is 32.2. The average molecular weight is 366 g/mol. The predicted molar refractivity (Wildman–Crippen MR) is 91.0 cm³/mol. The van der Waals surface area contributed by atoms with Crippen molar-refractivity contribution in [3.63, 3.8) is 0 Å². The third-order valence-electron chi connectivity index (χ3n) is 3.42. The molecule has 0 atom stereocenters. The maximum absolute atomic E-state index is 12.4. The van der Waals surface area contributed by atoms with E-state index in [1.54, 1.807) is 0 Å². The molecule has 0 bridgehead atoms. The zero-order valence-electron chi connectivity index (χ0n) is 13.7. The Balaban J connectivity index is 2.03. The van der Waals surface area contributed by atoms with E-state index in [4.69, 9.17) is 9.47 Å². The minimum atomic E-state index is -3.61. The molecule has 1 heterocycles. The second-order valence-corrected chi connectivity index (χ2v) is 7.14. The number of carbonyl (C=O) groups is 1. The van der Waals surface area contributed by atoms with Crippen LogP contribution in [0.1, 0.15) is 10.4 Å². The maximum atomic E-state index is 12.4. The molecule has 0 unspecified atom stereocenters. The number of carbonyl (C=O) groups excluding carboxylic acids is 1. The van der Waals surface area contributed by atoms with Crippen LogP contribution in [0.4, 0.5) is 0 Å². The quantitative estimate of drug-likeness (QED) is 0.741. The van der Waals surface area contributed by atoms with Gasteiger partial charge in [-0.15, -0.1) is 0 Å². The number of methoxy groups -OCH3 is 2. The van der Waals surface area contributed by atoms with Gasteiger partial charge < -0.3 is 19.8 Å². The van der Waals surface area contributed by atoms with Crippen LogP contribution in [0.25, 0.3) is 0 Å². The fourth-order valence-corrected chi connectivity index (χ4v) is 3.25. The monoisotopic (exact) mass is 366 g/mol. The number of hydrogen-bond donors (Lipinski definition) is 2. The van der Waals surface area contributed by atoms with Gasteiger partial charge >= 0.3 is 0 Å². The SMILES string of the molecule is COc1ccc(S(=O)(=O)CCNC(=O)c2ccc(=O)[nH]c2)cc1OC. The predicted octanol–water partition coefficient (Wildman–Crippen LogP) is 0.596. The molecule has 0 spiro atoms.